The van der Waals surface area contributed by atoms with Crippen molar-refractivity contribution in [1.82, 2.24) is 5.32 Å². The standard InChI is InChI=1S/C21H35N/c1-4-15-6-10-20-19-8-5-14-13-16(22-3)7-9-17(14)18(19)11-12-21(15,20)2/h4,14,16-20,22H,5-13H2,1-3H3/b15-4-/t14-,16-,17+,18-,19-,20+,21-/m1/s1. The van der Waals surface area contributed by atoms with Crippen LogP contribution in [0.15, 0.2) is 11.6 Å². The molecule has 7 atom stereocenters. The van der Waals surface area contributed by atoms with Gasteiger partial charge in [-0.3, -0.25) is 0 Å². The number of fused-ring (bicyclic) bond motifs is 5. The van der Waals surface area contributed by atoms with Crippen LogP contribution in [0, 0.1) is 35.0 Å². The molecule has 4 fully saturated rings. The summed E-state index contributed by atoms with van der Waals surface area (Å²) >= 11 is 0. The molecule has 4 aliphatic rings. The molecule has 1 nitrogen and oxygen atoms in total. The van der Waals surface area contributed by atoms with Gasteiger partial charge in [-0.2, -0.15) is 0 Å². The third-order valence-corrected chi connectivity index (χ3v) is 8.56. The lowest BCUT2D eigenvalue weighted by molar-refractivity contribution is -0.0443. The molecule has 4 aliphatic carbocycles. The molecular formula is C21H35N. The molecule has 0 bridgehead atoms. The molecule has 0 heterocycles. The Hall–Kier alpha value is -0.300. The fraction of sp³-hybridized carbons (Fsp3) is 0.905. The smallest absolute Gasteiger partial charge is 0.00669 e. The molecule has 0 radical (unpaired) electrons. The summed E-state index contributed by atoms with van der Waals surface area (Å²) in [6.07, 6.45) is 15.8. The van der Waals surface area contributed by atoms with Gasteiger partial charge in [-0.1, -0.05) is 18.6 Å². The van der Waals surface area contributed by atoms with E-state index in [1.807, 2.05) is 0 Å². The van der Waals surface area contributed by atoms with Crippen molar-refractivity contribution in [2.45, 2.75) is 77.7 Å². The number of rotatable bonds is 1. The zero-order chi connectivity index (χ0) is 15.3. The molecule has 22 heavy (non-hydrogen) atoms. The van der Waals surface area contributed by atoms with Crippen LogP contribution >= 0.6 is 0 Å². The maximum absolute atomic E-state index is 3.56. The summed E-state index contributed by atoms with van der Waals surface area (Å²) in [7, 11) is 2.17. The Kier molecular flexibility index (Phi) is 3.92. The molecule has 4 saturated carbocycles. The molecule has 0 unspecified atom stereocenters. The van der Waals surface area contributed by atoms with E-state index in [0.29, 0.717) is 5.41 Å². The van der Waals surface area contributed by atoms with E-state index in [4.69, 9.17) is 0 Å². The molecule has 0 aromatic heterocycles. The zero-order valence-corrected chi connectivity index (χ0v) is 14.9. The highest BCUT2D eigenvalue weighted by atomic mass is 14.9. The van der Waals surface area contributed by atoms with Crippen LogP contribution in [0.2, 0.25) is 0 Å². The minimum atomic E-state index is 0.574. The van der Waals surface area contributed by atoms with Gasteiger partial charge in [0.05, 0.1) is 0 Å². The lowest BCUT2D eigenvalue weighted by Gasteiger charge is -2.55. The van der Waals surface area contributed by atoms with Gasteiger partial charge in [0.1, 0.15) is 0 Å². The molecule has 1 heteroatoms. The van der Waals surface area contributed by atoms with Crippen LogP contribution in [0.4, 0.5) is 0 Å². The van der Waals surface area contributed by atoms with Gasteiger partial charge in [0.25, 0.3) is 0 Å². The zero-order valence-electron chi connectivity index (χ0n) is 14.9. The van der Waals surface area contributed by atoms with Gasteiger partial charge in [0.2, 0.25) is 0 Å². The van der Waals surface area contributed by atoms with Crippen molar-refractivity contribution >= 4 is 0 Å². The molecule has 124 valence electrons. The van der Waals surface area contributed by atoms with Crippen molar-refractivity contribution in [2.75, 3.05) is 7.05 Å². The molecule has 0 aromatic carbocycles. The Balaban J connectivity index is 1.54. The maximum atomic E-state index is 3.56. The number of hydrogen-bond acceptors (Lipinski definition) is 1. The van der Waals surface area contributed by atoms with Gasteiger partial charge in [0.15, 0.2) is 0 Å². The summed E-state index contributed by atoms with van der Waals surface area (Å²) in [5.41, 5.74) is 2.38. The Bertz CT molecular complexity index is 453. The SMILES string of the molecule is C/C=C1/CC[C@H]2[C@@H]3CC[C@@H]4C[C@H](NC)CC[C@@H]4[C@H]3CC[C@]12C. The van der Waals surface area contributed by atoms with E-state index in [-0.39, 0.29) is 0 Å². The second kappa shape index (κ2) is 5.65. The number of hydrogen-bond donors (Lipinski definition) is 1. The summed E-state index contributed by atoms with van der Waals surface area (Å²) < 4.78 is 0. The monoisotopic (exact) mass is 301 g/mol. The van der Waals surface area contributed by atoms with Crippen LogP contribution in [0.1, 0.15) is 71.6 Å². The highest BCUT2D eigenvalue weighted by molar-refractivity contribution is 5.23. The topological polar surface area (TPSA) is 12.0 Å². The first-order valence-corrected chi connectivity index (χ1v) is 10.00. The van der Waals surface area contributed by atoms with E-state index in [2.05, 4.69) is 32.3 Å². The highest BCUT2D eigenvalue weighted by Crippen LogP contribution is 2.63. The van der Waals surface area contributed by atoms with Gasteiger partial charge in [-0.15, -0.1) is 0 Å². The van der Waals surface area contributed by atoms with Gasteiger partial charge >= 0.3 is 0 Å². The molecule has 0 aliphatic heterocycles. The first-order valence-electron chi connectivity index (χ1n) is 10.00. The first-order chi connectivity index (χ1) is 10.7. The minimum Gasteiger partial charge on any atom is -0.317 e. The van der Waals surface area contributed by atoms with Gasteiger partial charge in [-0.25, -0.2) is 0 Å². The van der Waals surface area contributed by atoms with E-state index in [0.717, 1.165) is 35.6 Å². The maximum Gasteiger partial charge on any atom is 0.00669 e. The van der Waals surface area contributed by atoms with Crippen LogP contribution in [-0.2, 0) is 0 Å². The van der Waals surface area contributed by atoms with Crippen molar-refractivity contribution in [3.8, 4) is 0 Å². The Morgan fingerprint density at radius 3 is 2.59 bits per heavy atom. The average Bonchev–Trinajstić information content (AvgIpc) is 2.90. The summed E-state index contributed by atoms with van der Waals surface area (Å²) in [4.78, 5) is 0. The Morgan fingerprint density at radius 1 is 1.00 bits per heavy atom. The molecule has 4 rings (SSSR count). The van der Waals surface area contributed by atoms with E-state index in [9.17, 15) is 0 Å². The molecule has 1 N–H and O–H groups in total. The number of allylic oxidation sites excluding steroid dienone is 2. The van der Waals surface area contributed by atoms with E-state index in [1.165, 1.54) is 51.4 Å². The van der Waals surface area contributed by atoms with Crippen LogP contribution in [0.5, 0.6) is 0 Å². The molecular weight excluding hydrogens is 266 g/mol. The second-order valence-corrected chi connectivity index (χ2v) is 9.04. The van der Waals surface area contributed by atoms with Crippen molar-refractivity contribution < 1.29 is 0 Å². The highest BCUT2D eigenvalue weighted by Gasteiger charge is 2.54. The van der Waals surface area contributed by atoms with Crippen molar-refractivity contribution in [1.29, 1.82) is 0 Å². The summed E-state index contributed by atoms with van der Waals surface area (Å²) in [6.45, 7) is 4.89. The van der Waals surface area contributed by atoms with Crippen LogP contribution < -0.4 is 5.32 Å². The van der Waals surface area contributed by atoms with Crippen LogP contribution in [0.25, 0.3) is 0 Å². The molecule has 0 aromatic rings. The predicted molar refractivity (Wildman–Crippen MR) is 93.7 cm³/mol. The van der Waals surface area contributed by atoms with E-state index in [1.54, 1.807) is 12.0 Å². The third kappa shape index (κ3) is 2.14. The lowest BCUT2D eigenvalue weighted by Crippen LogP contribution is -2.49. The minimum absolute atomic E-state index is 0.574. The first kappa shape index (κ1) is 15.2. The molecule has 0 amide bonds. The fourth-order valence-electron chi connectivity index (χ4n) is 7.44. The normalized spacial score (nSPS) is 53.0. The van der Waals surface area contributed by atoms with Crippen molar-refractivity contribution in [3.05, 3.63) is 11.6 Å². The van der Waals surface area contributed by atoms with E-state index >= 15 is 0 Å². The van der Waals surface area contributed by atoms with Crippen LogP contribution in [-0.4, -0.2) is 13.1 Å². The van der Waals surface area contributed by atoms with Gasteiger partial charge < -0.3 is 5.32 Å². The fourth-order valence-corrected chi connectivity index (χ4v) is 7.44. The summed E-state index contributed by atoms with van der Waals surface area (Å²) in [5, 5.41) is 3.56. The lowest BCUT2D eigenvalue weighted by atomic mass is 9.50. The van der Waals surface area contributed by atoms with Gasteiger partial charge in [0, 0.05) is 6.04 Å². The quantitative estimate of drug-likeness (QED) is 0.659. The van der Waals surface area contributed by atoms with Crippen LogP contribution in [0.3, 0.4) is 0 Å². The second-order valence-electron chi connectivity index (χ2n) is 9.04. The summed E-state index contributed by atoms with van der Waals surface area (Å²) in [5.74, 6) is 5.26. The molecule has 0 saturated heterocycles. The third-order valence-electron chi connectivity index (χ3n) is 8.56. The largest absolute Gasteiger partial charge is 0.317 e. The Labute approximate surface area is 137 Å². The summed E-state index contributed by atoms with van der Waals surface area (Å²) in [6, 6.07) is 0.813. The predicted octanol–water partition coefficient (Wildman–Crippen LogP) is 5.17. The number of nitrogens with one attached hydrogen (secondary N) is 1. The Morgan fingerprint density at radius 2 is 1.82 bits per heavy atom. The van der Waals surface area contributed by atoms with Gasteiger partial charge in [-0.05, 0) is 107 Å². The van der Waals surface area contributed by atoms with Crippen molar-refractivity contribution in [3.63, 3.8) is 0 Å². The molecule has 0 spiro atoms. The average molecular weight is 302 g/mol. The van der Waals surface area contributed by atoms with Crippen molar-refractivity contribution in [2.24, 2.45) is 35.0 Å². The van der Waals surface area contributed by atoms with E-state index < -0.39 is 0 Å².